The molecule has 0 aliphatic rings. The van der Waals surface area contributed by atoms with E-state index in [9.17, 15) is 26.3 Å². The summed E-state index contributed by atoms with van der Waals surface area (Å²) < 4.78 is 76.5. The van der Waals surface area contributed by atoms with Crippen LogP contribution in [0.3, 0.4) is 0 Å². The summed E-state index contributed by atoms with van der Waals surface area (Å²) in [6.07, 6.45) is -8.35. The predicted octanol–water partition coefficient (Wildman–Crippen LogP) is 2.55. The summed E-state index contributed by atoms with van der Waals surface area (Å²) in [4.78, 5) is 2.91. The van der Waals surface area contributed by atoms with Crippen molar-refractivity contribution in [3.05, 3.63) is 23.3 Å². The van der Waals surface area contributed by atoms with Gasteiger partial charge < -0.3 is 9.84 Å². The topological polar surface area (TPSA) is 42.4 Å². The third-order valence-electron chi connectivity index (χ3n) is 1.70. The normalized spacial score (nSPS) is 12.0. The zero-order valence-corrected chi connectivity index (χ0v) is 7.93. The molecule has 0 saturated carbocycles. The highest BCUT2D eigenvalue weighted by molar-refractivity contribution is 5.37. The Morgan fingerprint density at radius 2 is 1.94 bits per heavy atom. The van der Waals surface area contributed by atoms with Crippen LogP contribution in [0.4, 0.5) is 26.3 Å². The second-order valence-electron chi connectivity index (χ2n) is 2.81. The summed E-state index contributed by atoms with van der Waals surface area (Å²) in [5.74, 6) is -3.08. The smallest absolute Gasteiger partial charge is 0.402 e. The molecular formula is C8H5F6NO2. The van der Waals surface area contributed by atoms with Crippen molar-refractivity contribution in [2.24, 2.45) is 0 Å². The van der Waals surface area contributed by atoms with Gasteiger partial charge in [-0.3, -0.25) is 4.98 Å². The molecular weight excluding hydrogens is 256 g/mol. The molecule has 0 saturated heterocycles. The number of nitrogens with zero attached hydrogens (tertiary/aromatic N) is 1. The maximum absolute atomic E-state index is 13.0. The Bertz CT molecular complexity index is 406. The van der Waals surface area contributed by atoms with E-state index in [-0.39, 0.29) is 6.20 Å². The molecule has 0 atom stereocenters. The predicted molar refractivity (Wildman–Crippen MR) is 41.8 cm³/mol. The number of aliphatic hydroxyl groups is 1. The second-order valence-corrected chi connectivity index (χ2v) is 2.81. The summed E-state index contributed by atoms with van der Waals surface area (Å²) in [5, 5.41) is 8.68. The van der Waals surface area contributed by atoms with E-state index >= 15 is 0 Å². The number of aliphatic hydroxyl groups excluding tert-OH is 1. The van der Waals surface area contributed by atoms with Crippen molar-refractivity contribution < 1.29 is 36.2 Å². The summed E-state index contributed by atoms with van der Waals surface area (Å²) in [5.41, 5.74) is -2.19. The lowest BCUT2D eigenvalue weighted by Gasteiger charge is -2.14. The highest BCUT2D eigenvalue weighted by Crippen LogP contribution is 2.33. The van der Waals surface area contributed by atoms with E-state index in [1.807, 2.05) is 0 Å². The SMILES string of the molecule is OCc1c(C(F)F)ncc(F)c1OC(F)(F)F. The van der Waals surface area contributed by atoms with Crippen molar-refractivity contribution in [3.8, 4) is 5.75 Å². The van der Waals surface area contributed by atoms with Crippen LogP contribution in [-0.4, -0.2) is 16.5 Å². The number of alkyl halides is 5. The first-order chi connectivity index (χ1) is 7.76. The van der Waals surface area contributed by atoms with Gasteiger partial charge in [-0.05, 0) is 0 Å². The van der Waals surface area contributed by atoms with Gasteiger partial charge in [-0.2, -0.15) is 0 Å². The number of rotatable bonds is 3. The fourth-order valence-electron chi connectivity index (χ4n) is 1.09. The molecule has 0 aliphatic heterocycles. The van der Waals surface area contributed by atoms with E-state index in [1.165, 1.54) is 0 Å². The van der Waals surface area contributed by atoms with E-state index in [1.54, 1.807) is 0 Å². The summed E-state index contributed by atoms with van der Waals surface area (Å²) in [6, 6.07) is 0. The highest BCUT2D eigenvalue weighted by Gasteiger charge is 2.35. The lowest BCUT2D eigenvalue weighted by Crippen LogP contribution is -2.20. The lowest BCUT2D eigenvalue weighted by molar-refractivity contribution is -0.276. The number of hydrogen-bond donors (Lipinski definition) is 1. The van der Waals surface area contributed by atoms with Gasteiger partial charge >= 0.3 is 6.36 Å². The molecule has 1 aromatic heterocycles. The van der Waals surface area contributed by atoms with Crippen LogP contribution in [0.1, 0.15) is 17.7 Å². The standard InChI is InChI=1S/C8H5F6NO2/c9-4-1-15-5(7(10)11)3(2-16)6(4)17-8(12,13)14/h1,7,16H,2H2. The molecule has 1 rings (SSSR count). The maximum Gasteiger partial charge on any atom is 0.573 e. The van der Waals surface area contributed by atoms with Crippen LogP contribution in [-0.2, 0) is 6.61 Å². The van der Waals surface area contributed by atoms with Crippen LogP contribution >= 0.6 is 0 Å². The number of pyridine rings is 1. The van der Waals surface area contributed by atoms with E-state index in [0.717, 1.165) is 0 Å². The van der Waals surface area contributed by atoms with Crippen molar-refractivity contribution in [2.75, 3.05) is 0 Å². The maximum atomic E-state index is 13.0. The largest absolute Gasteiger partial charge is 0.573 e. The fourth-order valence-corrected chi connectivity index (χ4v) is 1.09. The van der Waals surface area contributed by atoms with Gasteiger partial charge in [0.15, 0.2) is 11.6 Å². The molecule has 0 fully saturated rings. The number of hydrogen-bond acceptors (Lipinski definition) is 3. The Morgan fingerprint density at radius 3 is 2.35 bits per heavy atom. The van der Waals surface area contributed by atoms with Crippen LogP contribution in [0.2, 0.25) is 0 Å². The van der Waals surface area contributed by atoms with Crippen LogP contribution in [0.15, 0.2) is 6.20 Å². The second kappa shape index (κ2) is 4.78. The molecule has 17 heavy (non-hydrogen) atoms. The van der Waals surface area contributed by atoms with E-state index in [2.05, 4.69) is 9.72 Å². The number of halogens is 6. The Labute approximate surface area is 90.6 Å². The first kappa shape index (κ1) is 13.6. The van der Waals surface area contributed by atoms with Gasteiger partial charge in [-0.15, -0.1) is 13.2 Å². The lowest BCUT2D eigenvalue weighted by atomic mass is 10.2. The van der Waals surface area contributed by atoms with Gasteiger partial charge in [0, 0.05) is 0 Å². The van der Waals surface area contributed by atoms with Crippen LogP contribution < -0.4 is 4.74 Å². The van der Waals surface area contributed by atoms with Crippen molar-refractivity contribution in [1.82, 2.24) is 4.98 Å². The summed E-state index contributed by atoms with van der Waals surface area (Å²) in [6.45, 7) is -1.25. The van der Waals surface area contributed by atoms with Crippen molar-refractivity contribution in [1.29, 1.82) is 0 Å². The Balaban J connectivity index is 3.30. The molecule has 0 aliphatic carbocycles. The number of aromatic nitrogens is 1. The van der Waals surface area contributed by atoms with Gasteiger partial charge in [0.25, 0.3) is 6.43 Å². The molecule has 96 valence electrons. The molecule has 0 spiro atoms. The monoisotopic (exact) mass is 261 g/mol. The minimum atomic E-state index is -5.26. The first-order valence-corrected chi connectivity index (χ1v) is 4.08. The first-order valence-electron chi connectivity index (χ1n) is 4.08. The van der Waals surface area contributed by atoms with E-state index in [0.29, 0.717) is 0 Å². The zero-order valence-electron chi connectivity index (χ0n) is 7.93. The van der Waals surface area contributed by atoms with Gasteiger partial charge in [-0.25, -0.2) is 13.2 Å². The molecule has 0 amide bonds. The molecule has 3 nitrogen and oxygen atoms in total. The van der Waals surface area contributed by atoms with Gasteiger partial charge in [-0.1, -0.05) is 0 Å². The third-order valence-corrected chi connectivity index (χ3v) is 1.70. The van der Waals surface area contributed by atoms with Crippen molar-refractivity contribution in [2.45, 2.75) is 19.4 Å². The molecule has 0 aromatic carbocycles. The van der Waals surface area contributed by atoms with Gasteiger partial charge in [0.1, 0.15) is 5.69 Å². The average molecular weight is 261 g/mol. The molecule has 1 N–H and O–H groups in total. The zero-order chi connectivity index (χ0) is 13.2. The molecule has 9 heteroatoms. The average Bonchev–Trinajstić information content (AvgIpc) is 2.18. The van der Waals surface area contributed by atoms with Gasteiger partial charge in [0.05, 0.1) is 18.4 Å². The molecule has 0 bridgehead atoms. The fraction of sp³-hybridized carbons (Fsp3) is 0.375. The van der Waals surface area contributed by atoms with Crippen LogP contribution in [0.25, 0.3) is 0 Å². The minimum absolute atomic E-state index is 0.168. The van der Waals surface area contributed by atoms with Crippen LogP contribution in [0, 0.1) is 5.82 Å². The third kappa shape index (κ3) is 3.22. The summed E-state index contributed by atoms with van der Waals surface area (Å²) >= 11 is 0. The van der Waals surface area contributed by atoms with Crippen molar-refractivity contribution >= 4 is 0 Å². The van der Waals surface area contributed by atoms with E-state index < -0.39 is 42.2 Å². The molecule has 1 heterocycles. The Kier molecular flexibility index (Phi) is 3.81. The Hall–Kier alpha value is -1.51. The molecule has 1 aromatic rings. The number of ether oxygens (including phenoxy) is 1. The minimum Gasteiger partial charge on any atom is -0.402 e. The summed E-state index contributed by atoms with van der Waals surface area (Å²) in [7, 11) is 0. The van der Waals surface area contributed by atoms with Gasteiger partial charge in [0.2, 0.25) is 0 Å². The molecule has 0 unspecified atom stereocenters. The van der Waals surface area contributed by atoms with Crippen LogP contribution in [0.5, 0.6) is 5.75 Å². The van der Waals surface area contributed by atoms with E-state index in [4.69, 9.17) is 5.11 Å². The Morgan fingerprint density at radius 1 is 1.35 bits per heavy atom. The van der Waals surface area contributed by atoms with Crippen molar-refractivity contribution in [3.63, 3.8) is 0 Å². The molecule has 0 radical (unpaired) electrons. The quantitative estimate of drug-likeness (QED) is 0.850. The highest BCUT2D eigenvalue weighted by atomic mass is 19.4.